The van der Waals surface area contributed by atoms with Crippen molar-refractivity contribution in [1.82, 2.24) is 10.0 Å². The van der Waals surface area contributed by atoms with Crippen molar-refractivity contribution in [2.75, 3.05) is 18.8 Å². The maximum absolute atomic E-state index is 11.9. The summed E-state index contributed by atoms with van der Waals surface area (Å²) in [6.45, 7) is 8.02. The molecule has 1 fully saturated rings. The Hall–Kier alpha value is -0.130. The van der Waals surface area contributed by atoms with Gasteiger partial charge in [-0.2, -0.15) is 0 Å². The largest absolute Gasteiger partial charge is 0.315 e. The molecule has 0 aromatic rings. The molecule has 1 aliphatic carbocycles. The highest BCUT2D eigenvalue weighted by molar-refractivity contribution is 7.89. The highest BCUT2D eigenvalue weighted by Crippen LogP contribution is 2.30. The minimum atomic E-state index is -3.07. The van der Waals surface area contributed by atoms with Crippen molar-refractivity contribution in [2.24, 2.45) is 11.8 Å². The van der Waals surface area contributed by atoms with Gasteiger partial charge in [0.2, 0.25) is 10.0 Å². The van der Waals surface area contributed by atoms with E-state index in [9.17, 15) is 8.42 Å². The fraction of sp³-hybridized carbons (Fsp3) is 1.00. The summed E-state index contributed by atoms with van der Waals surface area (Å²) in [7, 11) is -3.07. The fourth-order valence-corrected chi connectivity index (χ4v) is 4.28. The molecule has 0 aromatic heterocycles. The van der Waals surface area contributed by atoms with Crippen molar-refractivity contribution >= 4 is 10.0 Å². The van der Waals surface area contributed by atoms with E-state index >= 15 is 0 Å². The number of rotatable bonds is 10. The van der Waals surface area contributed by atoms with Crippen molar-refractivity contribution in [2.45, 2.75) is 71.8 Å². The molecule has 2 atom stereocenters. The monoisotopic (exact) mass is 318 g/mol. The predicted octanol–water partition coefficient (Wildman–Crippen LogP) is 2.90. The molecule has 0 saturated heterocycles. The second-order valence-corrected chi connectivity index (χ2v) is 8.88. The van der Waals surface area contributed by atoms with E-state index in [1.165, 1.54) is 25.7 Å². The van der Waals surface area contributed by atoms with Gasteiger partial charge in [-0.3, -0.25) is 0 Å². The predicted molar refractivity (Wildman–Crippen MR) is 89.9 cm³/mol. The summed E-state index contributed by atoms with van der Waals surface area (Å²) in [6.07, 6.45) is 7.83. The summed E-state index contributed by atoms with van der Waals surface area (Å²) in [4.78, 5) is 0. The average molecular weight is 319 g/mol. The summed E-state index contributed by atoms with van der Waals surface area (Å²) in [5, 5.41) is 3.31. The van der Waals surface area contributed by atoms with E-state index in [1.54, 1.807) is 0 Å². The molecule has 0 radical (unpaired) electrons. The number of unbranched alkanes of at least 4 members (excludes halogenated alkanes) is 1. The molecule has 1 aliphatic rings. The second-order valence-electron chi connectivity index (χ2n) is 6.96. The van der Waals surface area contributed by atoms with Crippen molar-refractivity contribution in [3.8, 4) is 0 Å². The van der Waals surface area contributed by atoms with Gasteiger partial charge in [-0.15, -0.1) is 0 Å². The number of nitrogens with one attached hydrogen (secondary N) is 2. The Morgan fingerprint density at radius 3 is 2.57 bits per heavy atom. The first-order chi connectivity index (χ1) is 9.89. The van der Waals surface area contributed by atoms with Crippen LogP contribution in [-0.2, 0) is 10.0 Å². The smallest absolute Gasteiger partial charge is 0.211 e. The zero-order valence-electron chi connectivity index (χ0n) is 14.0. The molecule has 4 nitrogen and oxygen atoms in total. The topological polar surface area (TPSA) is 58.2 Å². The van der Waals surface area contributed by atoms with Gasteiger partial charge in [0.15, 0.2) is 0 Å². The molecule has 5 heteroatoms. The lowest BCUT2D eigenvalue weighted by atomic mass is 9.81. The van der Waals surface area contributed by atoms with Crippen molar-refractivity contribution in [3.63, 3.8) is 0 Å². The Morgan fingerprint density at radius 1 is 1.14 bits per heavy atom. The van der Waals surface area contributed by atoms with Crippen LogP contribution in [0.25, 0.3) is 0 Å². The van der Waals surface area contributed by atoms with Gasteiger partial charge in [0.1, 0.15) is 0 Å². The Bertz CT molecular complexity index is 368. The van der Waals surface area contributed by atoms with Gasteiger partial charge in [-0.25, -0.2) is 13.1 Å². The van der Waals surface area contributed by atoms with Gasteiger partial charge in [-0.1, -0.05) is 40.0 Å². The van der Waals surface area contributed by atoms with E-state index in [2.05, 4.69) is 30.8 Å². The maximum atomic E-state index is 11.9. The zero-order chi connectivity index (χ0) is 15.7. The molecule has 126 valence electrons. The number of hydrogen-bond acceptors (Lipinski definition) is 3. The van der Waals surface area contributed by atoms with Crippen LogP contribution in [0, 0.1) is 11.8 Å². The zero-order valence-corrected chi connectivity index (χ0v) is 14.8. The van der Waals surface area contributed by atoms with Crippen molar-refractivity contribution in [3.05, 3.63) is 0 Å². The summed E-state index contributed by atoms with van der Waals surface area (Å²) in [5.74, 6) is 1.79. The van der Waals surface area contributed by atoms with E-state index in [4.69, 9.17) is 0 Å². The molecule has 1 saturated carbocycles. The summed E-state index contributed by atoms with van der Waals surface area (Å²) >= 11 is 0. The Morgan fingerprint density at radius 2 is 1.90 bits per heavy atom. The molecule has 0 amide bonds. The highest BCUT2D eigenvalue weighted by atomic mass is 32.2. The van der Waals surface area contributed by atoms with E-state index in [-0.39, 0.29) is 5.75 Å². The lowest BCUT2D eigenvalue weighted by Crippen LogP contribution is -2.30. The first-order valence-corrected chi connectivity index (χ1v) is 10.2. The van der Waals surface area contributed by atoms with Gasteiger partial charge in [0.05, 0.1) is 5.75 Å². The Labute approximate surface area is 131 Å². The molecule has 2 unspecified atom stereocenters. The second kappa shape index (κ2) is 9.80. The van der Waals surface area contributed by atoms with Gasteiger partial charge < -0.3 is 5.32 Å². The van der Waals surface area contributed by atoms with Crippen LogP contribution >= 0.6 is 0 Å². The fourth-order valence-electron chi connectivity index (χ4n) is 3.12. The van der Waals surface area contributed by atoms with Crippen molar-refractivity contribution in [1.29, 1.82) is 0 Å². The standard InChI is InChI=1S/C16H34N2O2S/c1-14(2)17-10-4-5-12-21(19,20)18-11-9-16-8-6-7-15(3)13-16/h14-18H,4-13H2,1-3H3. The molecular weight excluding hydrogens is 284 g/mol. The molecule has 0 bridgehead atoms. The minimum absolute atomic E-state index is 0.258. The third kappa shape index (κ3) is 9.48. The molecule has 0 aromatic carbocycles. The van der Waals surface area contributed by atoms with Crippen LogP contribution < -0.4 is 10.0 Å². The molecular formula is C16H34N2O2S. The normalized spacial score (nSPS) is 23.6. The SMILES string of the molecule is CC1CCCC(CCNS(=O)(=O)CCCCNC(C)C)C1. The van der Waals surface area contributed by atoms with Crippen LogP contribution in [0.2, 0.25) is 0 Å². The van der Waals surface area contributed by atoms with Crippen LogP contribution in [0.4, 0.5) is 0 Å². The molecule has 2 N–H and O–H groups in total. The number of sulfonamides is 1. The molecule has 21 heavy (non-hydrogen) atoms. The molecule has 1 rings (SSSR count). The molecule has 0 spiro atoms. The van der Waals surface area contributed by atoms with Crippen molar-refractivity contribution < 1.29 is 8.42 Å². The lowest BCUT2D eigenvalue weighted by Gasteiger charge is -2.26. The van der Waals surface area contributed by atoms with Crippen LogP contribution in [-0.4, -0.2) is 33.3 Å². The van der Waals surface area contributed by atoms with Crippen LogP contribution in [0.5, 0.6) is 0 Å². The van der Waals surface area contributed by atoms with Crippen LogP contribution in [0.15, 0.2) is 0 Å². The Balaban J connectivity index is 2.09. The van der Waals surface area contributed by atoms with E-state index in [0.717, 1.165) is 31.7 Å². The summed E-state index contributed by atoms with van der Waals surface area (Å²) < 4.78 is 26.6. The lowest BCUT2D eigenvalue weighted by molar-refractivity contribution is 0.271. The van der Waals surface area contributed by atoms with Gasteiger partial charge in [-0.05, 0) is 44.1 Å². The highest BCUT2D eigenvalue weighted by Gasteiger charge is 2.19. The molecule has 0 heterocycles. The first-order valence-electron chi connectivity index (χ1n) is 8.60. The molecule has 0 aliphatic heterocycles. The van der Waals surface area contributed by atoms with E-state index in [1.807, 2.05) is 0 Å². The van der Waals surface area contributed by atoms with Crippen LogP contribution in [0.3, 0.4) is 0 Å². The first kappa shape index (κ1) is 18.9. The Kier molecular flexibility index (Phi) is 8.83. The van der Waals surface area contributed by atoms with Crippen LogP contribution in [0.1, 0.15) is 65.7 Å². The van der Waals surface area contributed by atoms with E-state index in [0.29, 0.717) is 18.5 Å². The van der Waals surface area contributed by atoms with Gasteiger partial charge in [0, 0.05) is 12.6 Å². The van der Waals surface area contributed by atoms with Gasteiger partial charge >= 0.3 is 0 Å². The minimum Gasteiger partial charge on any atom is -0.315 e. The quantitative estimate of drug-likeness (QED) is 0.609. The average Bonchev–Trinajstić information content (AvgIpc) is 2.37. The van der Waals surface area contributed by atoms with Gasteiger partial charge in [0.25, 0.3) is 0 Å². The summed E-state index contributed by atoms with van der Waals surface area (Å²) in [6, 6.07) is 0.470. The maximum Gasteiger partial charge on any atom is 0.211 e. The third-order valence-corrected chi connectivity index (χ3v) is 5.78. The van der Waals surface area contributed by atoms with E-state index < -0.39 is 10.0 Å². The number of hydrogen-bond donors (Lipinski definition) is 2. The summed E-state index contributed by atoms with van der Waals surface area (Å²) in [5.41, 5.74) is 0. The third-order valence-electron chi connectivity index (χ3n) is 4.31.